The predicted octanol–water partition coefficient (Wildman–Crippen LogP) is 2.81. The minimum Gasteiger partial charge on any atom is -0.373 e. The molecule has 1 aromatic carbocycles. The van der Waals surface area contributed by atoms with Gasteiger partial charge in [-0.2, -0.15) is 0 Å². The van der Waals surface area contributed by atoms with Crippen molar-refractivity contribution in [3.8, 4) is 0 Å². The van der Waals surface area contributed by atoms with E-state index in [0.29, 0.717) is 5.11 Å². The fourth-order valence-electron chi connectivity index (χ4n) is 1.88. The summed E-state index contributed by atoms with van der Waals surface area (Å²) in [6.45, 7) is 3.75. The van der Waals surface area contributed by atoms with E-state index < -0.39 is 0 Å². The fourth-order valence-corrected chi connectivity index (χ4v) is 2.10. The second kappa shape index (κ2) is 7.59. The van der Waals surface area contributed by atoms with E-state index in [1.165, 1.54) is 11.3 Å². The average molecular weight is 300 g/mol. The van der Waals surface area contributed by atoms with E-state index in [1.807, 2.05) is 12.1 Å². The molecular formula is C16H20N4S. The molecule has 5 heteroatoms. The van der Waals surface area contributed by atoms with Crippen molar-refractivity contribution in [1.82, 2.24) is 10.3 Å². The van der Waals surface area contributed by atoms with Gasteiger partial charge >= 0.3 is 0 Å². The summed E-state index contributed by atoms with van der Waals surface area (Å²) in [5.74, 6) is 0. The lowest BCUT2D eigenvalue weighted by Crippen LogP contribution is -2.35. The number of aryl methyl sites for hydroxylation is 1. The molecule has 2 N–H and O–H groups in total. The van der Waals surface area contributed by atoms with Crippen molar-refractivity contribution < 1.29 is 0 Å². The van der Waals surface area contributed by atoms with Gasteiger partial charge in [0.1, 0.15) is 0 Å². The van der Waals surface area contributed by atoms with E-state index in [-0.39, 0.29) is 0 Å². The smallest absolute Gasteiger partial charge is 0.170 e. The molecule has 0 aliphatic carbocycles. The zero-order chi connectivity index (χ0) is 15.1. The van der Waals surface area contributed by atoms with Gasteiger partial charge in [-0.25, -0.2) is 0 Å². The molecule has 0 fully saturated rings. The molecule has 0 spiro atoms. The third kappa shape index (κ3) is 5.04. The summed E-state index contributed by atoms with van der Waals surface area (Å²) in [6.07, 6.45) is 3.46. The van der Waals surface area contributed by atoms with Crippen molar-refractivity contribution >= 4 is 28.7 Å². The first kappa shape index (κ1) is 15.3. The summed E-state index contributed by atoms with van der Waals surface area (Å²) < 4.78 is 0. The summed E-state index contributed by atoms with van der Waals surface area (Å²) in [4.78, 5) is 6.16. The Kier molecular flexibility index (Phi) is 5.51. The molecule has 1 aromatic heterocycles. The van der Waals surface area contributed by atoms with Crippen LogP contribution in [0.3, 0.4) is 0 Å². The summed E-state index contributed by atoms with van der Waals surface area (Å²) in [5.41, 5.74) is 3.41. The first-order chi connectivity index (χ1) is 10.1. The van der Waals surface area contributed by atoms with Crippen LogP contribution >= 0.6 is 12.2 Å². The number of hydrogen-bond acceptors (Lipinski definition) is 3. The van der Waals surface area contributed by atoms with E-state index in [9.17, 15) is 0 Å². The number of nitrogens with one attached hydrogen (secondary N) is 2. The summed E-state index contributed by atoms with van der Waals surface area (Å²) in [7, 11) is 2.08. The summed E-state index contributed by atoms with van der Waals surface area (Å²) in [6, 6.07) is 12.3. The Morgan fingerprint density at radius 1 is 1.14 bits per heavy atom. The highest BCUT2D eigenvalue weighted by Gasteiger charge is 2.01. The van der Waals surface area contributed by atoms with Crippen LogP contribution in [-0.2, 0) is 0 Å². The van der Waals surface area contributed by atoms with Gasteiger partial charge < -0.3 is 15.5 Å². The molecule has 1 heterocycles. The fraction of sp³-hybridized carbons (Fsp3) is 0.250. The number of aromatic nitrogens is 1. The highest BCUT2D eigenvalue weighted by molar-refractivity contribution is 7.80. The van der Waals surface area contributed by atoms with Crippen LogP contribution in [0.15, 0.2) is 48.8 Å². The normalized spacial score (nSPS) is 10.0. The Hall–Kier alpha value is -2.14. The summed E-state index contributed by atoms with van der Waals surface area (Å²) in [5, 5.41) is 6.95. The molecule has 0 radical (unpaired) electrons. The van der Waals surface area contributed by atoms with Crippen molar-refractivity contribution in [3.63, 3.8) is 0 Å². The molecule has 2 aromatic rings. The maximum absolute atomic E-state index is 5.26. The molecule has 4 nitrogen and oxygen atoms in total. The average Bonchev–Trinajstić information content (AvgIpc) is 2.49. The SMILES string of the molecule is Cc1ccc(N(C)CCNC(=S)Nc2ccncc2)cc1. The first-order valence-corrected chi connectivity index (χ1v) is 7.28. The lowest BCUT2D eigenvalue weighted by Gasteiger charge is -2.20. The Morgan fingerprint density at radius 2 is 1.81 bits per heavy atom. The van der Waals surface area contributed by atoms with Crippen LogP contribution in [-0.4, -0.2) is 30.2 Å². The van der Waals surface area contributed by atoms with Gasteiger partial charge in [-0.05, 0) is 43.4 Å². The van der Waals surface area contributed by atoms with Gasteiger partial charge in [0.05, 0.1) is 0 Å². The van der Waals surface area contributed by atoms with Gasteiger partial charge in [-0.15, -0.1) is 0 Å². The lowest BCUT2D eigenvalue weighted by atomic mass is 10.2. The molecule has 21 heavy (non-hydrogen) atoms. The van der Waals surface area contributed by atoms with Gasteiger partial charge in [-0.3, -0.25) is 4.98 Å². The highest BCUT2D eigenvalue weighted by Crippen LogP contribution is 2.12. The minimum atomic E-state index is 0.624. The number of benzene rings is 1. The zero-order valence-electron chi connectivity index (χ0n) is 12.3. The van der Waals surface area contributed by atoms with Crippen molar-refractivity contribution in [1.29, 1.82) is 0 Å². The van der Waals surface area contributed by atoms with Gasteiger partial charge in [0, 0.05) is 43.9 Å². The monoisotopic (exact) mass is 300 g/mol. The van der Waals surface area contributed by atoms with Crippen LogP contribution < -0.4 is 15.5 Å². The van der Waals surface area contributed by atoms with Gasteiger partial charge in [0.15, 0.2) is 5.11 Å². The van der Waals surface area contributed by atoms with Crippen molar-refractivity contribution in [2.45, 2.75) is 6.92 Å². The quantitative estimate of drug-likeness (QED) is 0.831. The maximum Gasteiger partial charge on any atom is 0.170 e. The van der Waals surface area contributed by atoms with E-state index >= 15 is 0 Å². The Morgan fingerprint density at radius 3 is 2.48 bits per heavy atom. The van der Waals surface area contributed by atoms with Crippen LogP contribution in [0.25, 0.3) is 0 Å². The van der Waals surface area contributed by atoms with E-state index in [1.54, 1.807) is 12.4 Å². The molecular weight excluding hydrogens is 280 g/mol. The lowest BCUT2D eigenvalue weighted by molar-refractivity contribution is 0.827. The molecule has 2 rings (SSSR count). The second-order valence-corrected chi connectivity index (χ2v) is 5.28. The number of anilines is 2. The number of nitrogens with zero attached hydrogens (tertiary/aromatic N) is 2. The van der Waals surface area contributed by atoms with E-state index in [2.05, 4.69) is 58.8 Å². The number of pyridine rings is 1. The Bertz CT molecular complexity index is 569. The van der Waals surface area contributed by atoms with Gasteiger partial charge in [0.25, 0.3) is 0 Å². The van der Waals surface area contributed by atoms with Crippen LogP contribution in [0.5, 0.6) is 0 Å². The molecule has 0 aliphatic heterocycles. The van der Waals surface area contributed by atoms with Crippen LogP contribution in [0.4, 0.5) is 11.4 Å². The van der Waals surface area contributed by atoms with E-state index in [4.69, 9.17) is 12.2 Å². The standard InChI is InChI=1S/C16H20N4S/c1-13-3-5-15(6-4-13)20(2)12-11-18-16(21)19-14-7-9-17-10-8-14/h3-10H,11-12H2,1-2H3,(H2,17,18,19,21). The number of hydrogen-bond donors (Lipinski definition) is 2. The van der Waals surface area contributed by atoms with Gasteiger partial charge in [-0.1, -0.05) is 17.7 Å². The molecule has 0 atom stereocenters. The van der Waals surface area contributed by atoms with Crippen molar-refractivity contribution in [2.75, 3.05) is 30.4 Å². The topological polar surface area (TPSA) is 40.2 Å². The number of thiocarbonyl (C=S) groups is 1. The molecule has 0 bridgehead atoms. The predicted molar refractivity (Wildman–Crippen MR) is 92.9 cm³/mol. The molecule has 0 unspecified atom stereocenters. The van der Waals surface area contributed by atoms with Crippen molar-refractivity contribution in [2.24, 2.45) is 0 Å². The van der Waals surface area contributed by atoms with Crippen LogP contribution in [0, 0.1) is 6.92 Å². The largest absolute Gasteiger partial charge is 0.373 e. The van der Waals surface area contributed by atoms with Gasteiger partial charge in [0.2, 0.25) is 0 Å². The highest BCUT2D eigenvalue weighted by atomic mass is 32.1. The maximum atomic E-state index is 5.26. The molecule has 0 aliphatic rings. The Balaban J connectivity index is 1.73. The third-order valence-electron chi connectivity index (χ3n) is 3.15. The van der Waals surface area contributed by atoms with Crippen molar-refractivity contribution in [3.05, 3.63) is 54.4 Å². The first-order valence-electron chi connectivity index (χ1n) is 6.88. The molecule has 0 saturated heterocycles. The summed E-state index contributed by atoms with van der Waals surface area (Å²) >= 11 is 5.26. The zero-order valence-corrected chi connectivity index (χ0v) is 13.2. The van der Waals surface area contributed by atoms with Crippen LogP contribution in [0.2, 0.25) is 0 Å². The Labute approximate surface area is 131 Å². The number of rotatable bonds is 5. The molecule has 0 amide bonds. The number of likely N-dealkylation sites (N-methyl/N-ethyl adjacent to an activating group) is 1. The van der Waals surface area contributed by atoms with E-state index in [0.717, 1.165) is 18.8 Å². The van der Waals surface area contributed by atoms with Crippen LogP contribution in [0.1, 0.15) is 5.56 Å². The third-order valence-corrected chi connectivity index (χ3v) is 3.39. The molecule has 0 saturated carbocycles. The second-order valence-electron chi connectivity index (χ2n) is 4.87. The minimum absolute atomic E-state index is 0.624. The molecule has 110 valence electrons.